The Morgan fingerprint density at radius 3 is 2.71 bits per heavy atom. The van der Waals surface area contributed by atoms with E-state index in [1.165, 1.54) is 0 Å². The maximum atomic E-state index is 6.12. The van der Waals surface area contributed by atoms with Gasteiger partial charge in [-0.15, -0.1) is 0 Å². The first-order valence-electron chi connectivity index (χ1n) is 6.29. The zero-order valence-corrected chi connectivity index (χ0v) is 11.7. The summed E-state index contributed by atoms with van der Waals surface area (Å²) in [7, 11) is 0. The molecular weight excluding hydrogens is 234 g/mol. The van der Waals surface area contributed by atoms with Crippen molar-refractivity contribution in [3.63, 3.8) is 0 Å². The third-order valence-corrected chi connectivity index (χ3v) is 3.00. The molecule has 0 heterocycles. The minimum atomic E-state index is 0.396. The predicted molar refractivity (Wildman–Crippen MR) is 74.1 cm³/mol. The van der Waals surface area contributed by atoms with Gasteiger partial charge in [0.1, 0.15) is 12.4 Å². The van der Waals surface area contributed by atoms with Gasteiger partial charge in [0.25, 0.3) is 0 Å². The van der Waals surface area contributed by atoms with Crippen LogP contribution in [0.3, 0.4) is 0 Å². The lowest BCUT2D eigenvalue weighted by atomic mass is 10.2. The van der Waals surface area contributed by atoms with E-state index in [-0.39, 0.29) is 0 Å². The fourth-order valence-electron chi connectivity index (χ4n) is 1.58. The summed E-state index contributed by atoms with van der Waals surface area (Å²) >= 11 is 6.12. The van der Waals surface area contributed by atoms with Crippen molar-refractivity contribution >= 4 is 11.6 Å². The van der Waals surface area contributed by atoms with E-state index < -0.39 is 0 Å². The van der Waals surface area contributed by atoms with Crippen LogP contribution in [0.1, 0.15) is 32.3 Å². The molecule has 0 bridgehead atoms. The van der Waals surface area contributed by atoms with Crippen LogP contribution in [-0.2, 0) is 0 Å². The van der Waals surface area contributed by atoms with Gasteiger partial charge in [-0.3, -0.25) is 0 Å². The van der Waals surface area contributed by atoms with Gasteiger partial charge in [-0.1, -0.05) is 31.5 Å². The quantitative estimate of drug-likeness (QED) is 0.800. The molecule has 1 unspecified atom stereocenters. The van der Waals surface area contributed by atoms with Crippen LogP contribution in [0, 0.1) is 6.92 Å². The lowest BCUT2D eigenvalue weighted by Gasteiger charge is -2.18. The van der Waals surface area contributed by atoms with Crippen LogP contribution in [0.15, 0.2) is 18.2 Å². The van der Waals surface area contributed by atoms with Crippen molar-refractivity contribution < 1.29 is 4.74 Å². The molecule has 0 spiro atoms. The average molecular weight is 256 g/mol. The Morgan fingerprint density at radius 1 is 1.35 bits per heavy atom. The first-order valence-corrected chi connectivity index (χ1v) is 6.67. The summed E-state index contributed by atoms with van der Waals surface area (Å²) in [5.41, 5.74) is 1.15. The monoisotopic (exact) mass is 255 g/mol. The second-order valence-corrected chi connectivity index (χ2v) is 4.71. The molecule has 0 radical (unpaired) electrons. The highest BCUT2D eigenvalue weighted by atomic mass is 35.5. The molecule has 0 saturated carbocycles. The normalized spacial score (nSPS) is 12.5. The molecule has 2 nitrogen and oxygen atoms in total. The van der Waals surface area contributed by atoms with Gasteiger partial charge in [-0.2, -0.15) is 0 Å². The van der Waals surface area contributed by atoms with Gasteiger partial charge in [0.05, 0.1) is 5.02 Å². The van der Waals surface area contributed by atoms with Crippen LogP contribution in [0.25, 0.3) is 0 Å². The van der Waals surface area contributed by atoms with Crippen molar-refractivity contribution in [2.24, 2.45) is 0 Å². The van der Waals surface area contributed by atoms with Crippen LogP contribution in [0.2, 0.25) is 5.02 Å². The number of hydrogen-bond acceptors (Lipinski definition) is 2. The van der Waals surface area contributed by atoms with E-state index in [0.717, 1.165) is 30.7 Å². The van der Waals surface area contributed by atoms with E-state index in [2.05, 4.69) is 19.2 Å². The van der Waals surface area contributed by atoms with Crippen LogP contribution in [0.5, 0.6) is 5.75 Å². The predicted octanol–water partition coefficient (Wildman–Crippen LogP) is 3.81. The van der Waals surface area contributed by atoms with Crippen LogP contribution in [-0.4, -0.2) is 19.2 Å². The number of benzene rings is 1. The maximum Gasteiger partial charge on any atom is 0.137 e. The number of hydrogen-bond donors (Lipinski definition) is 1. The van der Waals surface area contributed by atoms with Crippen molar-refractivity contribution in [3.05, 3.63) is 28.8 Å². The lowest BCUT2D eigenvalue weighted by molar-refractivity contribution is 0.260. The van der Waals surface area contributed by atoms with E-state index in [9.17, 15) is 0 Å². The fraction of sp³-hybridized carbons (Fsp3) is 0.571. The van der Waals surface area contributed by atoms with Gasteiger partial charge in [0.15, 0.2) is 0 Å². The third kappa shape index (κ3) is 4.97. The fourth-order valence-corrected chi connectivity index (χ4v) is 1.87. The van der Waals surface area contributed by atoms with Crippen LogP contribution >= 0.6 is 11.6 Å². The van der Waals surface area contributed by atoms with E-state index in [4.69, 9.17) is 16.3 Å². The van der Waals surface area contributed by atoms with Gasteiger partial charge in [-0.05, 0) is 44.0 Å². The van der Waals surface area contributed by atoms with Crippen molar-refractivity contribution in [2.75, 3.05) is 13.2 Å². The molecule has 0 aliphatic heterocycles. The number of halogens is 1. The van der Waals surface area contributed by atoms with Gasteiger partial charge in [-0.25, -0.2) is 0 Å². The molecule has 1 atom stereocenters. The second kappa shape index (κ2) is 7.57. The molecule has 0 aromatic heterocycles. The minimum absolute atomic E-state index is 0.396. The highest BCUT2D eigenvalue weighted by Gasteiger charge is 2.07. The topological polar surface area (TPSA) is 21.3 Å². The standard InChI is InChI=1S/C14H22ClNO/c1-4-8-16-12(5-2)10-17-14-7-6-11(3)9-13(14)15/h6-7,9,12,16H,4-5,8,10H2,1-3H3. The highest BCUT2D eigenvalue weighted by molar-refractivity contribution is 6.32. The molecule has 3 heteroatoms. The molecule has 1 aromatic rings. The Balaban J connectivity index is 2.47. The van der Waals surface area contributed by atoms with Crippen LogP contribution < -0.4 is 10.1 Å². The molecule has 0 fully saturated rings. The zero-order chi connectivity index (χ0) is 12.7. The molecule has 1 rings (SSSR count). The summed E-state index contributed by atoms with van der Waals surface area (Å²) in [6, 6.07) is 6.27. The van der Waals surface area contributed by atoms with E-state index in [1.54, 1.807) is 0 Å². The van der Waals surface area contributed by atoms with Crippen molar-refractivity contribution in [1.82, 2.24) is 5.32 Å². The number of nitrogens with one attached hydrogen (secondary N) is 1. The Kier molecular flexibility index (Phi) is 6.38. The van der Waals surface area contributed by atoms with Crippen LogP contribution in [0.4, 0.5) is 0 Å². The van der Waals surface area contributed by atoms with E-state index in [1.807, 2.05) is 25.1 Å². The minimum Gasteiger partial charge on any atom is -0.490 e. The molecule has 0 saturated heterocycles. The average Bonchev–Trinajstić information content (AvgIpc) is 2.31. The molecular formula is C14H22ClNO. The summed E-state index contributed by atoms with van der Waals surface area (Å²) in [5, 5.41) is 4.14. The molecule has 0 aliphatic rings. The summed E-state index contributed by atoms with van der Waals surface area (Å²) in [6.45, 7) is 8.04. The van der Waals surface area contributed by atoms with Crippen molar-refractivity contribution in [2.45, 2.75) is 39.7 Å². The van der Waals surface area contributed by atoms with Gasteiger partial charge in [0.2, 0.25) is 0 Å². The largest absolute Gasteiger partial charge is 0.490 e. The summed E-state index contributed by atoms with van der Waals surface area (Å²) in [5.74, 6) is 0.772. The summed E-state index contributed by atoms with van der Waals surface area (Å²) in [6.07, 6.45) is 2.20. The van der Waals surface area contributed by atoms with E-state index in [0.29, 0.717) is 17.7 Å². The second-order valence-electron chi connectivity index (χ2n) is 4.30. The summed E-state index contributed by atoms with van der Waals surface area (Å²) in [4.78, 5) is 0. The molecule has 1 N–H and O–H groups in total. The Hall–Kier alpha value is -0.730. The third-order valence-electron chi connectivity index (χ3n) is 2.70. The van der Waals surface area contributed by atoms with Gasteiger partial charge < -0.3 is 10.1 Å². The molecule has 1 aromatic carbocycles. The highest BCUT2D eigenvalue weighted by Crippen LogP contribution is 2.25. The Labute approximate surface area is 109 Å². The van der Waals surface area contributed by atoms with Gasteiger partial charge in [0, 0.05) is 6.04 Å². The Morgan fingerprint density at radius 2 is 2.12 bits per heavy atom. The summed E-state index contributed by atoms with van der Waals surface area (Å²) < 4.78 is 5.75. The number of rotatable bonds is 7. The maximum absolute atomic E-state index is 6.12. The smallest absolute Gasteiger partial charge is 0.137 e. The van der Waals surface area contributed by atoms with Crippen molar-refractivity contribution in [1.29, 1.82) is 0 Å². The molecule has 0 aliphatic carbocycles. The molecule has 17 heavy (non-hydrogen) atoms. The first kappa shape index (κ1) is 14.3. The number of ether oxygens (including phenoxy) is 1. The molecule has 96 valence electrons. The zero-order valence-electron chi connectivity index (χ0n) is 10.9. The van der Waals surface area contributed by atoms with Crippen molar-refractivity contribution in [3.8, 4) is 5.75 Å². The van der Waals surface area contributed by atoms with E-state index >= 15 is 0 Å². The Bertz CT molecular complexity index is 341. The van der Waals surface area contributed by atoms with Gasteiger partial charge >= 0.3 is 0 Å². The SMILES string of the molecule is CCCNC(CC)COc1ccc(C)cc1Cl. The molecule has 0 amide bonds. The lowest BCUT2D eigenvalue weighted by Crippen LogP contribution is -2.34. The first-order chi connectivity index (χ1) is 8.17. The number of aryl methyl sites for hydroxylation is 1.